The molecule has 1 amide bonds. The highest BCUT2D eigenvalue weighted by Crippen LogP contribution is 2.34. The van der Waals surface area contributed by atoms with E-state index in [-0.39, 0.29) is 28.6 Å². The van der Waals surface area contributed by atoms with Crippen molar-refractivity contribution in [2.75, 3.05) is 37.9 Å². The van der Waals surface area contributed by atoms with Gasteiger partial charge in [-0.05, 0) is 42.3 Å². The minimum Gasteiger partial charge on any atom is -0.495 e. The lowest BCUT2D eigenvalue weighted by molar-refractivity contribution is -0.119. The van der Waals surface area contributed by atoms with Crippen molar-refractivity contribution in [2.45, 2.75) is 18.2 Å². The van der Waals surface area contributed by atoms with Crippen LogP contribution in [0.3, 0.4) is 0 Å². The minimum atomic E-state index is -4.09. The second-order valence-electron chi connectivity index (χ2n) is 7.45. The number of carbonyl (C=O) groups excluding carboxylic acids is 1. The van der Waals surface area contributed by atoms with Crippen molar-refractivity contribution in [1.82, 2.24) is 4.72 Å². The Morgan fingerprint density at radius 3 is 2.21 bits per heavy atom. The molecule has 0 bridgehead atoms. The molecule has 12 heteroatoms. The fraction of sp³-hybridized carbons (Fsp3) is 0.381. The summed E-state index contributed by atoms with van der Waals surface area (Å²) in [6.45, 7) is 1.57. The molecule has 33 heavy (non-hydrogen) atoms. The van der Waals surface area contributed by atoms with Crippen LogP contribution in [0, 0.1) is 5.92 Å². The molecule has 1 N–H and O–H groups in total. The van der Waals surface area contributed by atoms with Gasteiger partial charge in [0.05, 0.1) is 38.7 Å². The minimum absolute atomic E-state index is 0.0226. The number of nitrogens with one attached hydrogen (secondary N) is 1. The van der Waals surface area contributed by atoms with Crippen molar-refractivity contribution in [1.29, 1.82) is 0 Å². The molecule has 0 aromatic heterocycles. The number of hydrogen-bond acceptors (Lipinski definition) is 8. The molecule has 1 aliphatic heterocycles. The van der Waals surface area contributed by atoms with Gasteiger partial charge < -0.3 is 14.2 Å². The van der Waals surface area contributed by atoms with Crippen LogP contribution >= 0.6 is 0 Å². The van der Waals surface area contributed by atoms with Crippen LogP contribution < -0.4 is 23.2 Å². The lowest BCUT2D eigenvalue weighted by atomic mass is 10.1. The molecule has 2 aromatic carbocycles. The Morgan fingerprint density at radius 1 is 1.00 bits per heavy atom. The van der Waals surface area contributed by atoms with E-state index in [1.165, 1.54) is 40.4 Å². The summed E-state index contributed by atoms with van der Waals surface area (Å²) >= 11 is 0. The van der Waals surface area contributed by atoms with E-state index in [9.17, 15) is 21.6 Å². The van der Waals surface area contributed by atoms with E-state index in [1.807, 2.05) is 0 Å². The van der Waals surface area contributed by atoms with Gasteiger partial charge in [0.2, 0.25) is 26.0 Å². The van der Waals surface area contributed by atoms with Gasteiger partial charge in [-0.25, -0.2) is 25.9 Å². The number of carbonyl (C=O) groups is 1. The number of anilines is 1. The smallest absolute Gasteiger partial charge is 0.244 e. The highest BCUT2D eigenvalue weighted by molar-refractivity contribution is 7.94. The van der Waals surface area contributed by atoms with Gasteiger partial charge in [0.1, 0.15) is 10.6 Å². The average molecular weight is 499 g/mol. The van der Waals surface area contributed by atoms with E-state index in [0.29, 0.717) is 22.2 Å². The summed E-state index contributed by atoms with van der Waals surface area (Å²) in [7, 11) is -3.63. The van der Waals surface area contributed by atoms with Crippen LogP contribution in [-0.2, 0) is 31.3 Å². The molecule has 3 rings (SSSR count). The molecule has 10 nitrogen and oxygen atoms in total. The maximum atomic E-state index is 13.0. The topological polar surface area (TPSA) is 128 Å². The Labute approximate surface area is 193 Å². The summed E-state index contributed by atoms with van der Waals surface area (Å²) in [5, 5.41) is 0. The molecule has 1 saturated heterocycles. The Hall–Kier alpha value is -2.83. The van der Waals surface area contributed by atoms with Crippen LogP contribution in [0.5, 0.6) is 17.2 Å². The molecular weight excluding hydrogens is 472 g/mol. The highest BCUT2D eigenvalue weighted by atomic mass is 32.2. The molecule has 1 fully saturated rings. The summed E-state index contributed by atoms with van der Waals surface area (Å²) < 4.78 is 69.6. The van der Waals surface area contributed by atoms with Gasteiger partial charge in [0.25, 0.3) is 0 Å². The summed E-state index contributed by atoms with van der Waals surface area (Å²) in [6.07, 6.45) is 0.359. The molecule has 0 aliphatic carbocycles. The monoisotopic (exact) mass is 498 g/mol. The van der Waals surface area contributed by atoms with Crippen LogP contribution in [0.4, 0.5) is 5.69 Å². The number of methoxy groups -OCH3 is 3. The number of rotatable bonds is 9. The molecule has 2 aromatic rings. The van der Waals surface area contributed by atoms with E-state index in [0.717, 1.165) is 11.6 Å². The van der Waals surface area contributed by atoms with Crippen molar-refractivity contribution in [3.05, 3.63) is 42.0 Å². The van der Waals surface area contributed by atoms with Gasteiger partial charge in [-0.3, -0.25) is 4.79 Å². The third-order valence-corrected chi connectivity index (χ3v) is 8.54. The zero-order valence-electron chi connectivity index (χ0n) is 18.7. The summed E-state index contributed by atoms with van der Waals surface area (Å²) in [4.78, 5) is 12.1. The van der Waals surface area contributed by atoms with E-state index >= 15 is 0 Å². The van der Waals surface area contributed by atoms with E-state index in [1.54, 1.807) is 18.2 Å². The lowest BCUT2D eigenvalue weighted by Gasteiger charge is -2.18. The second kappa shape index (κ2) is 9.57. The van der Waals surface area contributed by atoms with Gasteiger partial charge in [0, 0.05) is 6.54 Å². The van der Waals surface area contributed by atoms with Gasteiger partial charge in [0.15, 0.2) is 11.5 Å². The number of hydrogen-bond donors (Lipinski definition) is 1. The largest absolute Gasteiger partial charge is 0.495 e. The fourth-order valence-corrected chi connectivity index (χ4v) is 6.56. The van der Waals surface area contributed by atoms with Gasteiger partial charge in [-0.15, -0.1) is 0 Å². The Balaban J connectivity index is 1.84. The molecular formula is C21H26N2O8S2. The second-order valence-corrected chi connectivity index (χ2v) is 11.1. The Morgan fingerprint density at radius 2 is 1.64 bits per heavy atom. The number of ether oxygens (including phenoxy) is 3. The van der Waals surface area contributed by atoms with Crippen molar-refractivity contribution in [3.63, 3.8) is 0 Å². The zero-order valence-corrected chi connectivity index (χ0v) is 20.3. The molecule has 0 radical (unpaired) electrons. The molecule has 1 atom stereocenters. The van der Waals surface area contributed by atoms with Crippen molar-refractivity contribution in [3.8, 4) is 17.2 Å². The first-order chi connectivity index (χ1) is 15.5. The third-order valence-electron chi connectivity index (χ3n) is 5.19. The Kier molecular flexibility index (Phi) is 7.20. The third kappa shape index (κ3) is 5.07. The molecule has 1 aliphatic rings. The maximum Gasteiger partial charge on any atom is 0.244 e. The van der Waals surface area contributed by atoms with Gasteiger partial charge in [-0.1, -0.05) is 13.0 Å². The zero-order chi connectivity index (χ0) is 24.4. The number of benzene rings is 2. The SMILES string of the molecule is COc1ccc(CCNS(=O)(=O)c2cc(N3C(=O)[C@H](C)CS3(=O)=O)ccc2OC)cc1OC. The predicted molar refractivity (Wildman–Crippen MR) is 122 cm³/mol. The standard InChI is InChI=1S/C21H26N2O8S2/c1-14-13-32(25,26)23(21(14)24)16-6-8-18(30-3)20(12-16)33(27,28)22-10-9-15-5-7-17(29-2)19(11-15)31-4/h5-8,11-12,14,22H,9-10,13H2,1-4H3/t14-/m1/s1. The molecule has 180 valence electrons. The van der Waals surface area contributed by atoms with Crippen molar-refractivity contribution >= 4 is 31.6 Å². The number of amides is 1. The quantitative estimate of drug-likeness (QED) is 0.551. The number of sulfonamides is 2. The van der Waals surface area contributed by atoms with Gasteiger partial charge in [-0.2, -0.15) is 0 Å². The first-order valence-corrected chi connectivity index (χ1v) is 13.1. The van der Waals surface area contributed by atoms with Crippen LogP contribution in [-0.4, -0.2) is 56.4 Å². The predicted octanol–water partition coefficient (Wildman–Crippen LogP) is 1.55. The van der Waals surface area contributed by atoms with E-state index < -0.39 is 31.9 Å². The number of nitrogens with zero attached hydrogens (tertiary/aromatic N) is 1. The first kappa shape index (κ1) is 24.8. The average Bonchev–Trinajstić information content (AvgIpc) is 2.99. The van der Waals surface area contributed by atoms with Crippen molar-refractivity contribution in [2.24, 2.45) is 5.92 Å². The van der Waals surface area contributed by atoms with Crippen LogP contribution in [0.25, 0.3) is 0 Å². The lowest BCUT2D eigenvalue weighted by Crippen LogP contribution is -2.31. The van der Waals surface area contributed by atoms with E-state index in [2.05, 4.69) is 4.72 Å². The maximum absolute atomic E-state index is 13.0. The molecule has 0 unspecified atom stereocenters. The normalized spacial score (nSPS) is 17.8. The van der Waals surface area contributed by atoms with Gasteiger partial charge >= 0.3 is 0 Å². The molecule has 0 spiro atoms. The summed E-state index contributed by atoms with van der Waals surface area (Å²) in [5.74, 6) is -0.540. The molecule has 1 heterocycles. The fourth-order valence-electron chi connectivity index (χ4n) is 3.53. The van der Waals surface area contributed by atoms with E-state index in [4.69, 9.17) is 14.2 Å². The first-order valence-electron chi connectivity index (χ1n) is 9.99. The molecule has 0 saturated carbocycles. The Bertz CT molecular complexity index is 1260. The van der Waals surface area contributed by atoms with Crippen molar-refractivity contribution < 1.29 is 35.8 Å². The van der Waals surface area contributed by atoms with Crippen LogP contribution in [0.2, 0.25) is 0 Å². The highest BCUT2D eigenvalue weighted by Gasteiger charge is 2.42. The van der Waals surface area contributed by atoms with Crippen LogP contribution in [0.1, 0.15) is 12.5 Å². The summed E-state index contributed by atoms with van der Waals surface area (Å²) in [5.41, 5.74) is 0.768. The summed E-state index contributed by atoms with van der Waals surface area (Å²) in [6, 6.07) is 9.06. The van der Waals surface area contributed by atoms with Crippen LogP contribution in [0.15, 0.2) is 41.3 Å².